The Morgan fingerprint density at radius 2 is 1.73 bits per heavy atom. The Morgan fingerprint density at radius 3 is 2.33 bits per heavy atom. The molecule has 2 N–H and O–H groups in total. The third kappa shape index (κ3) is 4.21. The molecule has 0 aliphatic rings. The zero-order valence-corrected chi connectivity index (χ0v) is 9.24. The van der Waals surface area contributed by atoms with Crippen molar-refractivity contribution in [3.8, 4) is 11.5 Å². The predicted octanol–water partition coefficient (Wildman–Crippen LogP) is 2.20. The summed E-state index contributed by atoms with van der Waals surface area (Å²) in [5.41, 5.74) is 5.41. The average molecular weight is 209 g/mol. The summed E-state index contributed by atoms with van der Waals surface area (Å²) in [5.74, 6) is 1.63. The summed E-state index contributed by atoms with van der Waals surface area (Å²) in [5, 5.41) is 0. The van der Waals surface area contributed by atoms with Crippen LogP contribution in [0.3, 0.4) is 0 Å². The minimum absolute atomic E-state index is 0.656. The predicted molar refractivity (Wildman–Crippen MR) is 61.4 cm³/mol. The highest BCUT2D eigenvalue weighted by atomic mass is 16.5. The molecule has 0 atom stereocenters. The molecular weight excluding hydrogens is 190 g/mol. The molecule has 0 saturated carbocycles. The van der Waals surface area contributed by atoms with Crippen molar-refractivity contribution in [3.05, 3.63) is 24.3 Å². The molecule has 0 radical (unpaired) electrons. The van der Waals surface area contributed by atoms with Gasteiger partial charge in [-0.1, -0.05) is 12.1 Å². The number of nitrogens with two attached hydrogens (primary N) is 1. The van der Waals surface area contributed by atoms with Gasteiger partial charge in [-0.2, -0.15) is 0 Å². The van der Waals surface area contributed by atoms with Crippen molar-refractivity contribution in [2.75, 3.05) is 19.8 Å². The quantitative estimate of drug-likeness (QED) is 0.700. The minimum Gasteiger partial charge on any atom is -0.490 e. The number of unbranched alkanes of at least 4 members (excludes halogenated alkanes) is 1. The zero-order chi connectivity index (χ0) is 10.9. The van der Waals surface area contributed by atoms with Gasteiger partial charge in [0.25, 0.3) is 0 Å². The van der Waals surface area contributed by atoms with Gasteiger partial charge in [-0.3, -0.25) is 0 Å². The average Bonchev–Trinajstić information content (AvgIpc) is 2.27. The molecular formula is C12H19NO2. The monoisotopic (exact) mass is 209 g/mol. The van der Waals surface area contributed by atoms with E-state index in [1.807, 2.05) is 31.2 Å². The molecule has 1 rings (SSSR count). The number of ether oxygens (including phenoxy) is 2. The van der Waals surface area contributed by atoms with Crippen LogP contribution in [-0.4, -0.2) is 19.8 Å². The third-order valence-electron chi connectivity index (χ3n) is 2.01. The lowest BCUT2D eigenvalue weighted by Gasteiger charge is -2.11. The number of rotatable bonds is 7. The van der Waals surface area contributed by atoms with Gasteiger partial charge in [-0.15, -0.1) is 0 Å². The standard InChI is InChI=1S/C12H19NO2/c1-2-14-11-7-3-4-8-12(11)15-10-6-5-9-13/h3-4,7-8H,2,5-6,9-10,13H2,1H3. The molecule has 0 saturated heterocycles. The first-order chi connectivity index (χ1) is 7.38. The van der Waals surface area contributed by atoms with E-state index in [1.165, 1.54) is 0 Å². The van der Waals surface area contributed by atoms with Crippen LogP contribution in [0.2, 0.25) is 0 Å². The van der Waals surface area contributed by atoms with E-state index in [4.69, 9.17) is 15.2 Å². The lowest BCUT2D eigenvalue weighted by Crippen LogP contribution is -2.04. The van der Waals surface area contributed by atoms with Crippen LogP contribution in [0.25, 0.3) is 0 Å². The van der Waals surface area contributed by atoms with Gasteiger partial charge in [-0.05, 0) is 38.4 Å². The van der Waals surface area contributed by atoms with Gasteiger partial charge in [0, 0.05) is 0 Å². The third-order valence-corrected chi connectivity index (χ3v) is 2.01. The Hall–Kier alpha value is -1.22. The van der Waals surface area contributed by atoms with Gasteiger partial charge in [-0.25, -0.2) is 0 Å². The molecule has 15 heavy (non-hydrogen) atoms. The van der Waals surface area contributed by atoms with E-state index in [-0.39, 0.29) is 0 Å². The smallest absolute Gasteiger partial charge is 0.161 e. The summed E-state index contributed by atoms with van der Waals surface area (Å²) in [6.45, 7) is 4.03. The van der Waals surface area contributed by atoms with Gasteiger partial charge < -0.3 is 15.2 Å². The Kier molecular flexibility index (Phi) is 5.63. The molecule has 3 heteroatoms. The number of para-hydroxylation sites is 2. The van der Waals surface area contributed by atoms with Crippen molar-refractivity contribution in [1.29, 1.82) is 0 Å². The minimum atomic E-state index is 0.656. The lowest BCUT2D eigenvalue weighted by molar-refractivity contribution is 0.272. The van der Waals surface area contributed by atoms with Gasteiger partial charge in [0.05, 0.1) is 13.2 Å². The van der Waals surface area contributed by atoms with Gasteiger partial charge in [0.15, 0.2) is 11.5 Å². The maximum atomic E-state index is 5.61. The fourth-order valence-corrected chi connectivity index (χ4v) is 1.27. The van der Waals surface area contributed by atoms with E-state index >= 15 is 0 Å². The summed E-state index contributed by atoms with van der Waals surface area (Å²) in [7, 11) is 0. The Labute approximate surface area is 91.2 Å². The molecule has 0 spiro atoms. The van der Waals surface area contributed by atoms with Crippen molar-refractivity contribution in [2.24, 2.45) is 5.73 Å². The summed E-state index contributed by atoms with van der Waals surface area (Å²) in [6, 6.07) is 7.73. The van der Waals surface area contributed by atoms with E-state index in [1.54, 1.807) is 0 Å². The second-order valence-corrected chi connectivity index (χ2v) is 3.22. The Balaban J connectivity index is 2.44. The fraction of sp³-hybridized carbons (Fsp3) is 0.500. The van der Waals surface area contributed by atoms with E-state index in [2.05, 4.69) is 0 Å². The first-order valence-electron chi connectivity index (χ1n) is 5.43. The maximum Gasteiger partial charge on any atom is 0.161 e. The highest BCUT2D eigenvalue weighted by molar-refractivity contribution is 5.39. The van der Waals surface area contributed by atoms with E-state index < -0.39 is 0 Å². The van der Waals surface area contributed by atoms with Crippen LogP contribution in [0, 0.1) is 0 Å². The van der Waals surface area contributed by atoms with Gasteiger partial charge in [0.1, 0.15) is 0 Å². The van der Waals surface area contributed by atoms with Crippen LogP contribution >= 0.6 is 0 Å². The molecule has 0 aliphatic heterocycles. The van der Waals surface area contributed by atoms with Crippen LogP contribution in [0.4, 0.5) is 0 Å². The lowest BCUT2D eigenvalue weighted by atomic mass is 10.3. The van der Waals surface area contributed by atoms with Crippen LogP contribution in [0.15, 0.2) is 24.3 Å². The summed E-state index contributed by atoms with van der Waals surface area (Å²) in [6.07, 6.45) is 1.98. The molecule has 0 aromatic heterocycles. The number of hydrogen-bond acceptors (Lipinski definition) is 3. The van der Waals surface area contributed by atoms with Crippen LogP contribution in [0.1, 0.15) is 19.8 Å². The molecule has 1 aromatic rings. The fourth-order valence-electron chi connectivity index (χ4n) is 1.27. The highest BCUT2D eigenvalue weighted by Gasteiger charge is 2.02. The maximum absolute atomic E-state index is 5.61. The topological polar surface area (TPSA) is 44.5 Å². The molecule has 0 unspecified atom stereocenters. The van der Waals surface area contributed by atoms with E-state index in [9.17, 15) is 0 Å². The molecule has 84 valence electrons. The molecule has 0 bridgehead atoms. The SMILES string of the molecule is CCOc1ccccc1OCCCCN. The van der Waals surface area contributed by atoms with Crippen molar-refractivity contribution in [3.63, 3.8) is 0 Å². The van der Waals surface area contributed by atoms with Gasteiger partial charge >= 0.3 is 0 Å². The van der Waals surface area contributed by atoms with Crippen molar-refractivity contribution in [2.45, 2.75) is 19.8 Å². The van der Waals surface area contributed by atoms with Crippen molar-refractivity contribution < 1.29 is 9.47 Å². The van der Waals surface area contributed by atoms with Crippen LogP contribution < -0.4 is 15.2 Å². The zero-order valence-electron chi connectivity index (χ0n) is 9.24. The molecule has 1 aromatic carbocycles. The summed E-state index contributed by atoms with van der Waals surface area (Å²) in [4.78, 5) is 0. The van der Waals surface area contributed by atoms with Crippen molar-refractivity contribution in [1.82, 2.24) is 0 Å². The number of hydrogen-bond donors (Lipinski definition) is 1. The first-order valence-corrected chi connectivity index (χ1v) is 5.43. The molecule has 0 fully saturated rings. The largest absolute Gasteiger partial charge is 0.490 e. The molecule has 0 amide bonds. The highest BCUT2D eigenvalue weighted by Crippen LogP contribution is 2.26. The van der Waals surface area contributed by atoms with E-state index in [0.29, 0.717) is 13.2 Å². The second kappa shape index (κ2) is 7.12. The van der Waals surface area contributed by atoms with Crippen molar-refractivity contribution >= 4 is 0 Å². The molecule has 0 aliphatic carbocycles. The van der Waals surface area contributed by atoms with Crippen LogP contribution in [0.5, 0.6) is 11.5 Å². The summed E-state index contributed by atoms with van der Waals surface area (Å²) < 4.78 is 11.1. The normalized spacial score (nSPS) is 10.0. The first kappa shape index (κ1) is 11.9. The van der Waals surface area contributed by atoms with E-state index in [0.717, 1.165) is 30.9 Å². The summed E-state index contributed by atoms with van der Waals surface area (Å²) >= 11 is 0. The second-order valence-electron chi connectivity index (χ2n) is 3.22. The molecule has 3 nitrogen and oxygen atoms in total. The number of benzene rings is 1. The van der Waals surface area contributed by atoms with Crippen LogP contribution in [-0.2, 0) is 0 Å². The molecule has 0 heterocycles. The Bertz CT molecular complexity index is 276. The Morgan fingerprint density at radius 1 is 1.07 bits per heavy atom. The van der Waals surface area contributed by atoms with Gasteiger partial charge in [0.2, 0.25) is 0 Å².